The summed E-state index contributed by atoms with van der Waals surface area (Å²) in [7, 11) is 0. The van der Waals surface area contributed by atoms with Crippen LogP contribution in [0, 0.1) is 0 Å². The van der Waals surface area contributed by atoms with Crippen molar-refractivity contribution in [1.29, 1.82) is 0 Å². The third kappa shape index (κ3) is 5.83. The molecule has 7 heteroatoms. The Balaban J connectivity index is 0.959. The molecule has 2 aliphatic carbocycles. The number of nitrogens with zero attached hydrogens (tertiary/aromatic N) is 6. The Hall–Kier alpha value is -9.69. The molecule has 6 nitrogen and oxygen atoms in total. The van der Waals surface area contributed by atoms with E-state index in [4.69, 9.17) is 24.9 Å². The predicted molar refractivity (Wildman–Crippen MR) is 318 cm³/mol. The number of fused-ring (bicyclic) bond motifs is 18. The number of hydrogen-bond acceptors (Lipinski definition) is 6. The quantitative estimate of drug-likeness (QED) is 0.172. The van der Waals surface area contributed by atoms with Crippen molar-refractivity contribution in [1.82, 2.24) is 29.5 Å². The molecule has 1 unspecified atom stereocenters. The second kappa shape index (κ2) is 15.9. The van der Waals surface area contributed by atoms with Gasteiger partial charge in [-0.25, -0.2) is 24.9 Å². The van der Waals surface area contributed by atoms with Crippen molar-refractivity contribution in [3.05, 3.63) is 264 Å². The van der Waals surface area contributed by atoms with Crippen LogP contribution >= 0.6 is 11.3 Å². The Morgan fingerprint density at radius 2 is 0.974 bits per heavy atom. The molecule has 0 radical (unpaired) electrons. The van der Waals surface area contributed by atoms with Gasteiger partial charge in [-0.1, -0.05) is 214 Å². The minimum Gasteiger partial charge on any atom is -0.309 e. The lowest BCUT2D eigenvalue weighted by atomic mass is 9.65. The van der Waals surface area contributed by atoms with Gasteiger partial charge in [0.1, 0.15) is 0 Å². The van der Waals surface area contributed by atoms with Crippen LogP contribution in [0.5, 0.6) is 0 Å². The largest absolute Gasteiger partial charge is 0.309 e. The van der Waals surface area contributed by atoms with Crippen LogP contribution in [0.15, 0.2) is 231 Å². The zero-order valence-corrected chi connectivity index (χ0v) is 43.3. The minimum atomic E-state index is -0.731. The summed E-state index contributed by atoms with van der Waals surface area (Å²) in [4.78, 5) is 27.3. The standard InChI is InChI=1S/C71H44N6S/c1-70(2)52-28-12-9-23-45(52)46-37-35-43(40-57(46)70)62-65-63(49-25-11-16-34-60(49)78-65)73-68(72-62)44-36-38-53-51(39-44)61-50(69-75-66(41-19-5-3-6-20-41)74-67(76-69)42-21-7-4-8-22-42)27-18-30-55(61)71(53)54-29-13-15-33-59(54)77-58-32-14-10-24-47(58)48-26-17-31-56(71)64(48)77/h3-40H,1-2H3. The van der Waals surface area contributed by atoms with Crippen LogP contribution in [0.4, 0.5) is 0 Å². The number of rotatable bonds is 5. The third-order valence-electron chi connectivity index (χ3n) is 17.1. The molecule has 78 heavy (non-hydrogen) atoms. The van der Waals surface area contributed by atoms with Gasteiger partial charge in [-0.05, 0) is 86.0 Å². The first-order valence-corrected chi connectivity index (χ1v) is 27.5. The maximum absolute atomic E-state index is 5.70. The average Bonchev–Trinajstić information content (AvgIpc) is 4.28. The lowest BCUT2D eigenvalue weighted by Crippen LogP contribution is -2.33. The molecule has 5 heterocycles. The van der Waals surface area contributed by atoms with Gasteiger partial charge in [-0.2, -0.15) is 0 Å². The van der Waals surface area contributed by atoms with Crippen molar-refractivity contribution in [2.24, 2.45) is 0 Å². The van der Waals surface area contributed by atoms with Crippen LogP contribution in [-0.4, -0.2) is 29.5 Å². The maximum atomic E-state index is 5.70. The van der Waals surface area contributed by atoms with Crippen LogP contribution < -0.4 is 0 Å². The van der Waals surface area contributed by atoms with E-state index in [0.717, 1.165) is 65.9 Å². The molecule has 17 rings (SSSR count). The first-order valence-electron chi connectivity index (χ1n) is 26.7. The molecule has 4 aromatic heterocycles. The van der Waals surface area contributed by atoms with Gasteiger partial charge in [0.2, 0.25) is 0 Å². The van der Waals surface area contributed by atoms with E-state index in [1.165, 1.54) is 71.0 Å². The zero-order valence-electron chi connectivity index (χ0n) is 42.5. The van der Waals surface area contributed by atoms with Crippen molar-refractivity contribution in [3.8, 4) is 84.7 Å². The molecule has 1 spiro atoms. The summed E-state index contributed by atoms with van der Waals surface area (Å²) < 4.78 is 4.77. The molecule has 0 amide bonds. The first-order chi connectivity index (χ1) is 38.4. The molecule has 0 saturated heterocycles. The van der Waals surface area contributed by atoms with Crippen LogP contribution in [-0.2, 0) is 10.8 Å². The van der Waals surface area contributed by atoms with Crippen LogP contribution in [0.25, 0.3) is 127 Å². The van der Waals surface area contributed by atoms with Gasteiger partial charge in [0.15, 0.2) is 23.3 Å². The molecule has 0 saturated carbocycles. The van der Waals surface area contributed by atoms with Crippen molar-refractivity contribution in [3.63, 3.8) is 0 Å². The monoisotopic (exact) mass is 1010 g/mol. The highest BCUT2D eigenvalue weighted by molar-refractivity contribution is 7.26. The van der Waals surface area contributed by atoms with Crippen molar-refractivity contribution in [2.75, 3.05) is 0 Å². The van der Waals surface area contributed by atoms with E-state index in [1.54, 1.807) is 11.3 Å². The molecule has 0 bridgehead atoms. The minimum absolute atomic E-state index is 0.170. The highest BCUT2D eigenvalue weighted by atomic mass is 32.1. The number of benzene rings is 10. The van der Waals surface area contributed by atoms with E-state index in [1.807, 2.05) is 36.4 Å². The number of para-hydroxylation sites is 3. The summed E-state index contributed by atoms with van der Waals surface area (Å²) in [6.45, 7) is 4.69. The normalized spacial score (nSPS) is 15.2. The highest BCUT2D eigenvalue weighted by Gasteiger charge is 2.52. The molecule has 1 aliphatic heterocycles. The van der Waals surface area contributed by atoms with Crippen molar-refractivity contribution < 1.29 is 0 Å². The van der Waals surface area contributed by atoms with Crippen molar-refractivity contribution in [2.45, 2.75) is 24.7 Å². The molecular formula is C71H44N6S. The summed E-state index contributed by atoms with van der Waals surface area (Å²) in [6.07, 6.45) is 0. The topological polar surface area (TPSA) is 69.4 Å². The lowest BCUT2D eigenvalue weighted by Gasteiger charge is -2.39. The molecule has 0 fully saturated rings. The highest BCUT2D eigenvalue weighted by Crippen LogP contribution is 2.63. The Bertz CT molecular complexity index is 4840. The fourth-order valence-corrected chi connectivity index (χ4v) is 14.8. The van der Waals surface area contributed by atoms with E-state index in [2.05, 4.69) is 213 Å². The molecule has 3 aliphatic rings. The van der Waals surface area contributed by atoms with Gasteiger partial charge < -0.3 is 4.57 Å². The van der Waals surface area contributed by atoms with Gasteiger partial charge in [-0.3, -0.25) is 0 Å². The van der Waals surface area contributed by atoms with Crippen LogP contribution in [0.3, 0.4) is 0 Å². The lowest BCUT2D eigenvalue weighted by molar-refractivity contribution is 0.660. The summed E-state index contributed by atoms with van der Waals surface area (Å²) in [6, 6.07) is 83.4. The molecule has 1 atom stereocenters. The van der Waals surface area contributed by atoms with Crippen molar-refractivity contribution >= 4 is 53.4 Å². The molecule has 0 N–H and O–H groups in total. The molecule has 364 valence electrons. The first kappa shape index (κ1) is 43.5. The number of hydrogen-bond donors (Lipinski definition) is 0. The second-order valence-electron chi connectivity index (χ2n) is 21.5. The van der Waals surface area contributed by atoms with Gasteiger partial charge in [0.05, 0.1) is 38.0 Å². The van der Waals surface area contributed by atoms with Gasteiger partial charge >= 0.3 is 0 Å². The molecular weight excluding hydrogens is 969 g/mol. The number of thiophene rings is 1. The average molecular weight is 1010 g/mol. The van der Waals surface area contributed by atoms with Crippen LogP contribution in [0.2, 0.25) is 0 Å². The van der Waals surface area contributed by atoms with Gasteiger partial charge in [0.25, 0.3) is 0 Å². The SMILES string of the molecule is CC1(C)c2ccccc2-c2ccc(-c3nc(-c4ccc5c(c4)-c4c(-c6nc(-c7ccccc7)nc(-c7ccccc7)n6)cccc4C54c5ccccc5-n5c6ccccc6c6cccc4c65)nc4c3sc3ccccc34)cc21. The smallest absolute Gasteiger partial charge is 0.164 e. The van der Waals surface area contributed by atoms with E-state index in [-0.39, 0.29) is 5.41 Å². The van der Waals surface area contributed by atoms with Crippen LogP contribution in [0.1, 0.15) is 47.2 Å². The molecule has 14 aromatic rings. The fraction of sp³-hybridized carbons (Fsp3) is 0.0563. The summed E-state index contributed by atoms with van der Waals surface area (Å²) in [5.74, 6) is 2.52. The van der Waals surface area contributed by atoms with E-state index < -0.39 is 5.41 Å². The van der Waals surface area contributed by atoms with E-state index in [0.29, 0.717) is 23.3 Å². The fourth-order valence-electron chi connectivity index (χ4n) is 13.7. The summed E-state index contributed by atoms with van der Waals surface area (Å²) in [5.41, 5.74) is 21.6. The third-order valence-corrected chi connectivity index (χ3v) is 18.3. The van der Waals surface area contributed by atoms with Gasteiger partial charge in [-0.15, -0.1) is 11.3 Å². The Morgan fingerprint density at radius 1 is 0.372 bits per heavy atom. The second-order valence-corrected chi connectivity index (χ2v) is 22.5. The predicted octanol–water partition coefficient (Wildman–Crippen LogP) is 17.4. The maximum Gasteiger partial charge on any atom is 0.164 e. The zero-order chi connectivity index (χ0) is 51.4. The molecule has 10 aromatic carbocycles. The summed E-state index contributed by atoms with van der Waals surface area (Å²) >= 11 is 1.77. The van der Waals surface area contributed by atoms with E-state index in [9.17, 15) is 0 Å². The number of aromatic nitrogens is 6. The Morgan fingerprint density at radius 3 is 1.79 bits per heavy atom. The summed E-state index contributed by atoms with van der Waals surface area (Å²) in [5, 5.41) is 3.59. The van der Waals surface area contributed by atoms with E-state index >= 15 is 0 Å². The Kier molecular flexibility index (Phi) is 8.89. The Labute approximate surface area is 453 Å². The van der Waals surface area contributed by atoms with Gasteiger partial charge in [0, 0.05) is 54.1 Å².